The molecule has 0 radical (unpaired) electrons. The van der Waals surface area contributed by atoms with Crippen molar-refractivity contribution in [2.45, 2.75) is 57.5 Å². The molecule has 1 fully saturated rings. The second kappa shape index (κ2) is 6.79. The van der Waals surface area contributed by atoms with Crippen LogP contribution in [0.4, 0.5) is 0 Å². The standard InChI is InChI=1S/C16H25NO/c1-13(17-15-5-3-4-6-15)7-8-14-9-11-16(18-2)12-10-14/h9-13,15,17H,3-8H2,1-2H3. The number of hydrogen-bond acceptors (Lipinski definition) is 2. The fourth-order valence-electron chi connectivity index (χ4n) is 2.75. The van der Waals surface area contributed by atoms with Crippen molar-refractivity contribution in [1.29, 1.82) is 0 Å². The van der Waals surface area contributed by atoms with E-state index in [0.717, 1.165) is 18.2 Å². The van der Waals surface area contributed by atoms with Gasteiger partial charge in [0.1, 0.15) is 5.75 Å². The summed E-state index contributed by atoms with van der Waals surface area (Å²) in [4.78, 5) is 0. The van der Waals surface area contributed by atoms with E-state index in [1.54, 1.807) is 7.11 Å². The summed E-state index contributed by atoms with van der Waals surface area (Å²) in [7, 11) is 1.71. The van der Waals surface area contributed by atoms with Crippen molar-refractivity contribution < 1.29 is 4.74 Å². The molecular formula is C16H25NO. The number of ether oxygens (including phenoxy) is 1. The minimum Gasteiger partial charge on any atom is -0.497 e. The Bertz CT molecular complexity index is 341. The molecule has 18 heavy (non-hydrogen) atoms. The third-order valence-electron chi connectivity index (χ3n) is 3.90. The van der Waals surface area contributed by atoms with Gasteiger partial charge in [0, 0.05) is 12.1 Å². The van der Waals surface area contributed by atoms with Crippen LogP contribution in [0.1, 0.15) is 44.6 Å². The van der Waals surface area contributed by atoms with Crippen molar-refractivity contribution in [3.8, 4) is 5.75 Å². The molecule has 0 saturated heterocycles. The van der Waals surface area contributed by atoms with E-state index in [1.807, 2.05) is 12.1 Å². The van der Waals surface area contributed by atoms with Crippen LogP contribution in [-0.4, -0.2) is 19.2 Å². The van der Waals surface area contributed by atoms with Crippen LogP contribution in [0.25, 0.3) is 0 Å². The van der Waals surface area contributed by atoms with Gasteiger partial charge in [0.15, 0.2) is 0 Å². The fourth-order valence-corrected chi connectivity index (χ4v) is 2.75. The minimum absolute atomic E-state index is 0.621. The van der Waals surface area contributed by atoms with Crippen molar-refractivity contribution in [3.05, 3.63) is 29.8 Å². The molecule has 2 rings (SSSR count). The van der Waals surface area contributed by atoms with Gasteiger partial charge in [0.2, 0.25) is 0 Å². The highest BCUT2D eigenvalue weighted by Gasteiger charge is 2.16. The zero-order valence-corrected chi connectivity index (χ0v) is 11.6. The lowest BCUT2D eigenvalue weighted by molar-refractivity contribution is 0.414. The number of aryl methyl sites for hydroxylation is 1. The van der Waals surface area contributed by atoms with E-state index in [-0.39, 0.29) is 0 Å². The third kappa shape index (κ3) is 4.02. The van der Waals surface area contributed by atoms with Crippen LogP contribution < -0.4 is 10.1 Å². The first-order valence-electron chi connectivity index (χ1n) is 7.17. The van der Waals surface area contributed by atoms with Gasteiger partial charge in [-0.25, -0.2) is 0 Å². The van der Waals surface area contributed by atoms with Gasteiger partial charge in [-0.1, -0.05) is 25.0 Å². The average Bonchev–Trinajstić information content (AvgIpc) is 2.90. The second-order valence-corrected chi connectivity index (χ2v) is 5.44. The zero-order chi connectivity index (χ0) is 12.8. The molecule has 0 bridgehead atoms. The monoisotopic (exact) mass is 247 g/mol. The van der Waals surface area contributed by atoms with Crippen molar-refractivity contribution >= 4 is 0 Å². The topological polar surface area (TPSA) is 21.3 Å². The summed E-state index contributed by atoms with van der Waals surface area (Å²) in [5.41, 5.74) is 1.40. The lowest BCUT2D eigenvalue weighted by Crippen LogP contribution is -2.34. The summed E-state index contributed by atoms with van der Waals surface area (Å²) in [5, 5.41) is 3.75. The van der Waals surface area contributed by atoms with Crippen LogP contribution in [0.5, 0.6) is 5.75 Å². The first kappa shape index (κ1) is 13.4. The Morgan fingerprint density at radius 2 is 1.89 bits per heavy atom. The van der Waals surface area contributed by atoms with Gasteiger partial charge in [-0.15, -0.1) is 0 Å². The van der Waals surface area contributed by atoms with E-state index < -0.39 is 0 Å². The molecule has 2 nitrogen and oxygen atoms in total. The van der Waals surface area contributed by atoms with Gasteiger partial charge in [0.05, 0.1) is 7.11 Å². The molecular weight excluding hydrogens is 222 g/mol. The molecule has 2 heteroatoms. The van der Waals surface area contributed by atoms with Gasteiger partial charge in [0.25, 0.3) is 0 Å². The summed E-state index contributed by atoms with van der Waals surface area (Å²) in [6, 6.07) is 9.82. The van der Waals surface area contributed by atoms with Crippen LogP contribution in [-0.2, 0) is 6.42 Å². The van der Waals surface area contributed by atoms with Crippen LogP contribution >= 0.6 is 0 Å². The predicted octanol–water partition coefficient (Wildman–Crippen LogP) is 3.55. The number of methoxy groups -OCH3 is 1. The summed E-state index contributed by atoms with van der Waals surface area (Å²) >= 11 is 0. The van der Waals surface area contributed by atoms with Crippen LogP contribution in [0.3, 0.4) is 0 Å². The van der Waals surface area contributed by atoms with Crippen LogP contribution in [0.15, 0.2) is 24.3 Å². The lowest BCUT2D eigenvalue weighted by Gasteiger charge is -2.19. The Kier molecular flexibility index (Phi) is 5.06. The summed E-state index contributed by atoms with van der Waals surface area (Å²) in [6.07, 6.45) is 7.90. The van der Waals surface area contributed by atoms with Crippen molar-refractivity contribution in [1.82, 2.24) is 5.32 Å². The highest BCUT2D eigenvalue weighted by molar-refractivity contribution is 5.27. The smallest absolute Gasteiger partial charge is 0.118 e. The first-order valence-corrected chi connectivity index (χ1v) is 7.17. The maximum Gasteiger partial charge on any atom is 0.118 e. The summed E-state index contributed by atoms with van der Waals surface area (Å²) in [5.74, 6) is 0.941. The van der Waals surface area contributed by atoms with Crippen molar-refractivity contribution in [2.24, 2.45) is 0 Å². The molecule has 1 aliphatic carbocycles. The van der Waals surface area contributed by atoms with Crippen LogP contribution in [0, 0.1) is 0 Å². The maximum absolute atomic E-state index is 5.17. The molecule has 1 aromatic carbocycles. The Balaban J connectivity index is 1.72. The van der Waals surface area contributed by atoms with Gasteiger partial charge < -0.3 is 10.1 Å². The molecule has 0 spiro atoms. The fraction of sp³-hybridized carbons (Fsp3) is 0.625. The van der Waals surface area contributed by atoms with E-state index in [0.29, 0.717) is 6.04 Å². The van der Waals surface area contributed by atoms with E-state index >= 15 is 0 Å². The van der Waals surface area contributed by atoms with E-state index in [1.165, 1.54) is 37.7 Å². The van der Waals surface area contributed by atoms with Crippen molar-refractivity contribution in [3.63, 3.8) is 0 Å². The molecule has 0 aliphatic heterocycles. The highest BCUT2D eigenvalue weighted by Crippen LogP contribution is 2.19. The molecule has 100 valence electrons. The Morgan fingerprint density at radius 3 is 2.50 bits per heavy atom. The highest BCUT2D eigenvalue weighted by atomic mass is 16.5. The molecule has 0 amide bonds. The third-order valence-corrected chi connectivity index (χ3v) is 3.90. The first-order chi connectivity index (χ1) is 8.78. The van der Waals surface area contributed by atoms with Gasteiger partial charge in [-0.3, -0.25) is 0 Å². The quantitative estimate of drug-likeness (QED) is 0.830. The average molecular weight is 247 g/mol. The molecule has 1 aliphatic rings. The maximum atomic E-state index is 5.17. The zero-order valence-electron chi connectivity index (χ0n) is 11.6. The minimum atomic E-state index is 0.621. The number of hydrogen-bond donors (Lipinski definition) is 1. The predicted molar refractivity (Wildman–Crippen MR) is 76.2 cm³/mol. The van der Waals surface area contributed by atoms with E-state index in [4.69, 9.17) is 4.74 Å². The SMILES string of the molecule is COc1ccc(CCC(C)NC2CCCC2)cc1. The Hall–Kier alpha value is -1.02. The molecule has 1 unspecified atom stereocenters. The molecule has 1 aromatic rings. The molecule has 1 N–H and O–H groups in total. The lowest BCUT2D eigenvalue weighted by atomic mass is 10.1. The molecule has 0 heterocycles. The van der Waals surface area contributed by atoms with Gasteiger partial charge in [-0.05, 0) is 50.3 Å². The van der Waals surface area contributed by atoms with Gasteiger partial charge >= 0.3 is 0 Å². The van der Waals surface area contributed by atoms with Gasteiger partial charge in [-0.2, -0.15) is 0 Å². The number of rotatable bonds is 6. The van der Waals surface area contributed by atoms with Crippen molar-refractivity contribution in [2.75, 3.05) is 7.11 Å². The summed E-state index contributed by atoms with van der Waals surface area (Å²) < 4.78 is 5.17. The second-order valence-electron chi connectivity index (χ2n) is 5.44. The Labute approximate surface area is 111 Å². The molecule has 1 atom stereocenters. The molecule has 0 aromatic heterocycles. The molecule has 1 saturated carbocycles. The number of nitrogens with one attached hydrogen (secondary N) is 1. The van der Waals surface area contributed by atoms with E-state index in [2.05, 4.69) is 24.4 Å². The Morgan fingerprint density at radius 1 is 1.22 bits per heavy atom. The number of benzene rings is 1. The largest absolute Gasteiger partial charge is 0.497 e. The van der Waals surface area contributed by atoms with Crippen LogP contribution in [0.2, 0.25) is 0 Å². The van der Waals surface area contributed by atoms with E-state index in [9.17, 15) is 0 Å². The normalized spacial score (nSPS) is 17.9. The summed E-state index contributed by atoms with van der Waals surface area (Å²) in [6.45, 7) is 2.31.